The summed E-state index contributed by atoms with van der Waals surface area (Å²) in [7, 11) is 2.09. The van der Waals surface area contributed by atoms with Gasteiger partial charge in [0, 0.05) is 42.8 Å². The van der Waals surface area contributed by atoms with Gasteiger partial charge in [0.05, 0.1) is 19.1 Å². The van der Waals surface area contributed by atoms with Gasteiger partial charge >= 0.3 is 6.03 Å². The van der Waals surface area contributed by atoms with Crippen molar-refractivity contribution < 1.29 is 19.4 Å². The van der Waals surface area contributed by atoms with Gasteiger partial charge in [0.2, 0.25) is 5.91 Å². The van der Waals surface area contributed by atoms with Gasteiger partial charge in [0.1, 0.15) is 11.9 Å². The Bertz CT molecular complexity index is 1410. The maximum atomic E-state index is 13.6. The van der Waals surface area contributed by atoms with Crippen LogP contribution in [0.1, 0.15) is 57.1 Å². The van der Waals surface area contributed by atoms with Crippen LogP contribution in [0.4, 0.5) is 10.5 Å². The van der Waals surface area contributed by atoms with Gasteiger partial charge in [-0.05, 0) is 61.7 Å². The molecule has 0 unspecified atom stereocenters. The Hall–Kier alpha value is -3.88. The van der Waals surface area contributed by atoms with Crippen LogP contribution in [0.3, 0.4) is 0 Å². The molecule has 240 valence electrons. The summed E-state index contributed by atoms with van der Waals surface area (Å²) in [6.07, 6.45) is 5.44. The molecule has 0 aromatic heterocycles. The van der Waals surface area contributed by atoms with E-state index >= 15 is 0 Å². The molecule has 1 heterocycles. The molecule has 1 aliphatic carbocycles. The highest BCUT2D eigenvalue weighted by Crippen LogP contribution is 2.30. The predicted octanol–water partition coefficient (Wildman–Crippen LogP) is 6.09. The first kappa shape index (κ1) is 32.5. The van der Waals surface area contributed by atoms with Crippen molar-refractivity contribution in [3.05, 3.63) is 83.9 Å². The number of benzene rings is 3. The molecular formula is C37H48N4O4. The highest BCUT2D eigenvalue weighted by molar-refractivity contribution is 5.90. The highest BCUT2D eigenvalue weighted by atomic mass is 16.5. The number of ether oxygens (including phenoxy) is 1. The van der Waals surface area contributed by atoms with Crippen LogP contribution in [0.25, 0.3) is 11.1 Å². The number of rotatable bonds is 9. The molecule has 3 amide bonds. The Balaban J connectivity index is 1.31. The average Bonchev–Trinajstić information content (AvgIpc) is 3.09. The molecule has 3 N–H and O–H groups in total. The van der Waals surface area contributed by atoms with E-state index < -0.39 is 0 Å². The third-order valence-electron chi connectivity index (χ3n) is 9.12. The number of carbonyl (C=O) groups is 2. The lowest BCUT2D eigenvalue weighted by molar-refractivity contribution is -0.134. The van der Waals surface area contributed by atoms with E-state index in [0.29, 0.717) is 24.5 Å². The highest BCUT2D eigenvalue weighted by Gasteiger charge is 2.31. The van der Waals surface area contributed by atoms with E-state index in [-0.39, 0.29) is 49.1 Å². The Morgan fingerprint density at radius 3 is 2.44 bits per heavy atom. The fraction of sp³-hybridized carbons (Fsp3) is 0.459. The van der Waals surface area contributed by atoms with Gasteiger partial charge < -0.3 is 25.4 Å². The van der Waals surface area contributed by atoms with Crippen LogP contribution >= 0.6 is 0 Å². The lowest BCUT2D eigenvalue weighted by Gasteiger charge is -2.34. The SMILES string of the molecule is C[C@@H]1CN([C@H](C)CO)C(=O)Cc2cc(NC(=O)NC3CCCCC3)ccc2O[C@@H]1CN(C)Cc1ccc(-c2ccccc2)cc1. The average molecular weight is 613 g/mol. The molecule has 3 aromatic rings. The number of fused-ring (bicyclic) bond motifs is 1. The van der Waals surface area contributed by atoms with Crippen molar-refractivity contribution in [1.82, 2.24) is 15.1 Å². The number of hydrogen-bond donors (Lipinski definition) is 3. The van der Waals surface area contributed by atoms with Crippen molar-refractivity contribution in [1.29, 1.82) is 0 Å². The van der Waals surface area contributed by atoms with Crippen molar-refractivity contribution in [2.24, 2.45) is 5.92 Å². The van der Waals surface area contributed by atoms with Crippen LogP contribution < -0.4 is 15.4 Å². The number of nitrogens with zero attached hydrogens (tertiary/aromatic N) is 2. The number of nitrogens with one attached hydrogen (secondary N) is 2. The van der Waals surface area contributed by atoms with Crippen molar-refractivity contribution in [3.8, 4) is 16.9 Å². The first-order chi connectivity index (χ1) is 21.8. The monoisotopic (exact) mass is 612 g/mol. The summed E-state index contributed by atoms with van der Waals surface area (Å²) in [4.78, 5) is 30.4. The van der Waals surface area contributed by atoms with E-state index in [9.17, 15) is 14.7 Å². The molecule has 0 spiro atoms. The summed E-state index contributed by atoms with van der Waals surface area (Å²) in [5.41, 5.74) is 4.95. The number of amides is 3. The van der Waals surface area contributed by atoms with Gasteiger partial charge in [-0.2, -0.15) is 0 Å². The fourth-order valence-electron chi connectivity index (χ4n) is 6.44. The van der Waals surface area contributed by atoms with Crippen LogP contribution in [0.5, 0.6) is 5.75 Å². The third kappa shape index (κ3) is 8.86. The molecule has 8 heteroatoms. The largest absolute Gasteiger partial charge is 0.488 e. The smallest absolute Gasteiger partial charge is 0.319 e. The summed E-state index contributed by atoms with van der Waals surface area (Å²) in [5, 5.41) is 16.0. The second kappa shape index (κ2) is 15.4. The molecule has 0 bridgehead atoms. The fourth-order valence-corrected chi connectivity index (χ4v) is 6.44. The van der Waals surface area contributed by atoms with Crippen LogP contribution in [0.2, 0.25) is 0 Å². The standard InChI is InChI=1S/C37H48N4O4/c1-26-22-41(27(2)25-42)36(43)21-31-20-33(39-37(44)38-32-12-8-5-9-13-32)18-19-34(31)45-35(26)24-40(3)23-28-14-16-30(17-15-28)29-10-6-4-7-11-29/h4,6-7,10-11,14-20,26-27,32,35,42H,5,8-9,12-13,21-25H2,1-3H3,(H2,38,39,44)/t26-,27-,35-/m1/s1. The van der Waals surface area contributed by atoms with Gasteiger partial charge in [-0.15, -0.1) is 0 Å². The first-order valence-corrected chi connectivity index (χ1v) is 16.4. The molecule has 2 aliphatic rings. The van der Waals surface area contributed by atoms with Crippen LogP contribution in [0, 0.1) is 5.92 Å². The first-order valence-electron chi connectivity index (χ1n) is 16.4. The number of likely N-dealkylation sites (N-methyl/N-ethyl adjacent to an activating group) is 1. The van der Waals surface area contributed by atoms with Gasteiger partial charge in [-0.25, -0.2) is 4.79 Å². The minimum Gasteiger partial charge on any atom is -0.488 e. The summed E-state index contributed by atoms with van der Waals surface area (Å²) >= 11 is 0. The third-order valence-corrected chi connectivity index (χ3v) is 9.12. The number of hydrogen-bond acceptors (Lipinski definition) is 5. The van der Waals surface area contributed by atoms with Gasteiger partial charge in [0.25, 0.3) is 0 Å². The maximum absolute atomic E-state index is 13.6. The zero-order chi connectivity index (χ0) is 31.8. The summed E-state index contributed by atoms with van der Waals surface area (Å²) in [5.74, 6) is 0.595. The predicted molar refractivity (Wildman–Crippen MR) is 179 cm³/mol. The Morgan fingerprint density at radius 1 is 1.02 bits per heavy atom. The molecule has 0 saturated heterocycles. The molecule has 1 aliphatic heterocycles. The molecule has 3 atom stereocenters. The van der Waals surface area contributed by atoms with Gasteiger partial charge in [-0.1, -0.05) is 80.8 Å². The Labute approximate surface area is 267 Å². The van der Waals surface area contributed by atoms with E-state index in [2.05, 4.69) is 78.0 Å². The van der Waals surface area contributed by atoms with Crippen LogP contribution in [-0.2, 0) is 17.8 Å². The molecule has 8 nitrogen and oxygen atoms in total. The molecule has 1 saturated carbocycles. The van der Waals surface area contributed by atoms with Crippen molar-refractivity contribution >= 4 is 17.6 Å². The second-order valence-corrected chi connectivity index (χ2v) is 12.9. The normalized spacial score (nSPS) is 19.9. The molecule has 5 rings (SSSR count). The second-order valence-electron chi connectivity index (χ2n) is 12.9. The number of carbonyl (C=O) groups excluding carboxylic acids is 2. The zero-order valence-corrected chi connectivity index (χ0v) is 26.9. The molecule has 1 fully saturated rings. The van der Waals surface area contributed by atoms with Crippen molar-refractivity contribution in [3.63, 3.8) is 0 Å². The molecule has 45 heavy (non-hydrogen) atoms. The molecule has 3 aromatic carbocycles. The van der Waals surface area contributed by atoms with Gasteiger partial charge in [0.15, 0.2) is 0 Å². The van der Waals surface area contributed by atoms with Crippen LogP contribution in [-0.4, -0.2) is 71.8 Å². The van der Waals surface area contributed by atoms with E-state index in [1.807, 2.05) is 31.2 Å². The maximum Gasteiger partial charge on any atom is 0.319 e. The zero-order valence-electron chi connectivity index (χ0n) is 26.9. The summed E-state index contributed by atoms with van der Waals surface area (Å²) < 4.78 is 6.69. The topological polar surface area (TPSA) is 94.1 Å². The number of anilines is 1. The minimum atomic E-state index is -0.314. The number of aliphatic hydroxyl groups excluding tert-OH is 1. The summed E-state index contributed by atoms with van der Waals surface area (Å²) in [6, 6.07) is 24.2. The molecule has 0 radical (unpaired) electrons. The van der Waals surface area contributed by atoms with Crippen molar-refractivity contribution in [2.45, 2.75) is 77.1 Å². The quantitative estimate of drug-likeness (QED) is 0.272. The van der Waals surface area contributed by atoms with Gasteiger partial charge in [-0.3, -0.25) is 9.69 Å². The van der Waals surface area contributed by atoms with E-state index in [0.717, 1.165) is 37.8 Å². The number of aliphatic hydroxyl groups is 1. The number of urea groups is 1. The lowest BCUT2D eigenvalue weighted by atomic mass is 9.96. The van der Waals surface area contributed by atoms with E-state index in [1.54, 1.807) is 4.90 Å². The Kier molecular flexibility index (Phi) is 11.1. The van der Waals surface area contributed by atoms with Crippen LogP contribution in [0.15, 0.2) is 72.8 Å². The lowest BCUT2D eigenvalue weighted by Crippen LogP contribution is -2.47. The van der Waals surface area contributed by atoms with E-state index in [4.69, 9.17) is 4.74 Å². The Morgan fingerprint density at radius 2 is 1.73 bits per heavy atom. The minimum absolute atomic E-state index is 0.0101. The molecular weight excluding hydrogens is 564 g/mol. The summed E-state index contributed by atoms with van der Waals surface area (Å²) in [6.45, 7) is 5.75. The van der Waals surface area contributed by atoms with Crippen molar-refractivity contribution in [2.75, 3.05) is 32.1 Å². The van der Waals surface area contributed by atoms with E-state index in [1.165, 1.54) is 23.1 Å².